The summed E-state index contributed by atoms with van der Waals surface area (Å²) in [5.74, 6) is 0. The zero-order valence-electron chi connectivity index (χ0n) is 11.5. The molecule has 1 heterocycles. The molecule has 0 atom stereocenters. The largest absolute Gasteiger partial charge is 0.385 e. The molecule has 0 aromatic carbocycles. The summed E-state index contributed by atoms with van der Waals surface area (Å²) in [6.07, 6.45) is 12.3. The van der Waals surface area contributed by atoms with Gasteiger partial charge in [-0.15, -0.1) is 0 Å². The molecule has 0 amide bonds. The number of pyridine rings is 1. The normalized spacial score (nSPS) is 10.5. The third-order valence-electron chi connectivity index (χ3n) is 3.13. The minimum absolute atomic E-state index is 0.0454. The number of hydrogen-bond donors (Lipinski definition) is 2. The van der Waals surface area contributed by atoms with Crippen molar-refractivity contribution in [1.29, 1.82) is 0 Å². The Labute approximate surface area is 110 Å². The van der Waals surface area contributed by atoms with Gasteiger partial charge in [-0.05, 0) is 12.5 Å². The summed E-state index contributed by atoms with van der Waals surface area (Å²) in [4.78, 5) is 13.7. The van der Waals surface area contributed by atoms with Crippen LogP contribution in [0.1, 0.15) is 58.3 Å². The minimum Gasteiger partial charge on any atom is -0.385 e. The third kappa shape index (κ3) is 7.15. The number of rotatable bonds is 10. The Balaban J connectivity index is 1.94. The minimum atomic E-state index is -0.0454. The number of aromatic amines is 1. The maximum atomic E-state index is 11.1. The first kappa shape index (κ1) is 14.8. The van der Waals surface area contributed by atoms with Gasteiger partial charge in [-0.3, -0.25) is 4.79 Å². The Bertz CT molecular complexity index is 360. The van der Waals surface area contributed by atoms with Gasteiger partial charge < -0.3 is 10.3 Å². The Morgan fingerprint density at radius 3 is 2.39 bits per heavy atom. The Hall–Kier alpha value is -1.25. The van der Waals surface area contributed by atoms with E-state index in [1.807, 2.05) is 6.07 Å². The van der Waals surface area contributed by atoms with E-state index in [4.69, 9.17) is 0 Å². The summed E-state index contributed by atoms with van der Waals surface area (Å²) in [6.45, 7) is 3.21. The Morgan fingerprint density at radius 2 is 1.72 bits per heavy atom. The number of H-pyrrole nitrogens is 1. The SMILES string of the molecule is CCCCCCCCCCNc1cc[nH]c(=O)c1. The van der Waals surface area contributed by atoms with Gasteiger partial charge in [0.2, 0.25) is 5.56 Å². The lowest BCUT2D eigenvalue weighted by Crippen LogP contribution is -2.07. The van der Waals surface area contributed by atoms with Crippen molar-refractivity contribution in [2.45, 2.75) is 58.3 Å². The van der Waals surface area contributed by atoms with Crippen LogP contribution in [-0.4, -0.2) is 11.5 Å². The van der Waals surface area contributed by atoms with Gasteiger partial charge in [0.05, 0.1) is 0 Å². The van der Waals surface area contributed by atoms with E-state index in [-0.39, 0.29) is 5.56 Å². The summed E-state index contributed by atoms with van der Waals surface area (Å²) in [7, 11) is 0. The summed E-state index contributed by atoms with van der Waals surface area (Å²) < 4.78 is 0. The molecule has 0 spiro atoms. The molecular formula is C15H26N2O. The van der Waals surface area contributed by atoms with Gasteiger partial charge in [0.25, 0.3) is 0 Å². The van der Waals surface area contributed by atoms with E-state index in [2.05, 4.69) is 17.2 Å². The lowest BCUT2D eigenvalue weighted by Gasteiger charge is -2.05. The van der Waals surface area contributed by atoms with Crippen LogP contribution in [0.25, 0.3) is 0 Å². The van der Waals surface area contributed by atoms with Gasteiger partial charge in [0, 0.05) is 24.5 Å². The summed E-state index contributed by atoms with van der Waals surface area (Å²) in [5.41, 5.74) is 0.873. The fraction of sp³-hybridized carbons (Fsp3) is 0.667. The number of aromatic nitrogens is 1. The van der Waals surface area contributed by atoms with Crippen molar-refractivity contribution < 1.29 is 0 Å². The highest BCUT2D eigenvalue weighted by atomic mass is 16.1. The zero-order valence-corrected chi connectivity index (χ0v) is 11.5. The fourth-order valence-electron chi connectivity index (χ4n) is 2.05. The maximum absolute atomic E-state index is 11.1. The molecule has 0 aliphatic rings. The van der Waals surface area contributed by atoms with Crippen molar-refractivity contribution in [3.8, 4) is 0 Å². The van der Waals surface area contributed by atoms with E-state index in [0.29, 0.717) is 0 Å². The molecule has 3 nitrogen and oxygen atoms in total. The molecule has 0 unspecified atom stereocenters. The van der Waals surface area contributed by atoms with E-state index >= 15 is 0 Å². The second-order valence-corrected chi connectivity index (χ2v) is 4.84. The second kappa shape index (κ2) is 9.75. The molecule has 0 saturated heterocycles. The quantitative estimate of drug-likeness (QED) is 0.618. The van der Waals surface area contributed by atoms with Crippen LogP contribution in [0.2, 0.25) is 0 Å². The molecule has 0 fully saturated rings. The van der Waals surface area contributed by atoms with Crippen LogP contribution in [0.5, 0.6) is 0 Å². The summed E-state index contributed by atoms with van der Waals surface area (Å²) >= 11 is 0. The van der Waals surface area contributed by atoms with Crippen molar-refractivity contribution in [3.63, 3.8) is 0 Å². The van der Waals surface area contributed by atoms with Crippen LogP contribution in [-0.2, 0) is 0 Å². The molecule has 1 aromatic rings. The summed E-state index contributed by atoms with van der Waals surface area (Å²) in [6, 6.07) is 3.50. The number of anilines is 1. The molecule has 0 saturated carbocycles. The maximum Gasteiger partial charge on any atom is 0.249 e. The number of hydrogen-bond acceptors (Lipinski definition) is 2. The zero-order chi connectivity index (χ0) is 13.1. The Morgan fingerprint density at radius 1 is 1.06 bits per heavy atom. The molecule has 0 radical (unpaired) electrons. The molecule has 1 aromatic heterocycles. The topological polar surface area (TPSA) is 44.9 Å². The van der Waals surface area contributed by atoms with Crippen LogP contribution >= 0.6 is 0 Å². The first-order chi connectivity index (χ1) is 8.83. The van der Waals surface area contributed by atoms with E-state index < -0.39 is 0 Å². The summed E-state index contributed by atoms with van der Waals surface area (Å²) in [5, 5.41) is 3.28. The Kier molecular flexibility index (Phi) is 8.02. The van der Waals surface area contributed by atoms with E-state index in [1.165, 1.54) is 51.4 Å². The highest BCUT2D eigenvalue weighted by molar-refractivity contribution is 5.40. The van der Waals surface area contributed by atoms with Gasteiger partial charge >= 0.3 is 0 Å². The number of nitrogens with one attached hydrogen (secondary N) is 2. The van der Waals surface area contributed by atoms with Crippen molar-refractivity contribution in [2.24, 2.45) is 0 Å². The lowest BCUT2D eigenvalue weighted by molar-refractivity contribution is 0.581. The van der Waals surface area contributed by atoms with Gasteiger partial charge in [0.15, 0.2) is 0 Å². The van der Waals surface area contributed by atoms with Gasteiger partial charge in [-0.1, -0.05) is 51.9 Å². The van der Waals surface area contributed by atoms with Gasteiger partial charge in [-0.25, -0.2) is 0 Å². The third-order valence-corrected chi connectivity index (χ3v) is 3.13. The lowest BCUT2D eigenvalue weighted by atomic mass is 10.1. The van der Waals surface area contributed by atoms with Gasteiger partial charge in [0.1, 0.15) is 0 Å². The van der Waals surface area contributed by atoms with Crippen molar-refractivity contribution in [3.05, 3.63) is 28.7 Å². The fourth-order valence-corrected chi connectivity index (χ4v) is 2.05. The van der Waals surface area contributed by atoms with Crippen LogP contribution in [0.4, 0.5) is 5.69 Å². The van der Waals surface area contributed by atoms with E-state index in [0.717, 1.165) is 12.2 Å². The smallest absolute Gasteiger partial charge is 0.249 e. The molecule has 102 valence electrons. The molecule has 0 aliphatic heterocycles. The predicted molar refractivity (Wildman–Crippen MR) is 78.2 cm³/mol. The first-order valence-electron chi connectivity index (χ1n) is 7.25. The van der Waals surface area contributed by atoms with E-state index in [1.54, 1.807) is 12.3 Å². The molecule has 2 N–H and O–H groups in total. The van der Waals surface area contributed by atoms with Crippen molar-refractivity contribution in [1.82, 2.24) is 4.98 Å². The van der Waals surface area contributed by atoms with E-state index in [9.17, 15) is 4.79 Å². The van der Waals surface area contributed by atoms with Crippen LogP contribution in [0.3, 0.4) is 0 Å². The number of unbranched alkanes of at least 4 members (excludes halogenated alkanes) is 7. The highest BCUT2D eigenvalue weighted by Crippen LogP contribution is 2.08. The van der Waals surface area contributed by atoms with Gasteiger partial charge in [-0.2, -0.15) is 0 Å². The first-order valence-corrected chi connectivity index (χ1v) is 7.25. The monoisotopic (exact) mass is 250 g/mol. The van der Waals surface area contributed by atoms with Crippen LogP contribution < -0.4 is 10.9 Å². The molecule has 1 rings (SSSR count). The average molecular weight is 250 g/mol. The predicted octanol–water partition coefficient (Wildman–Crippen LogP) is 3.93. The van der Waals surface area contributed by atoms with Crippen LogP contribution in [0.15, 0.2) is 23.1 Å². The highest BCUT2D eigenvalue weighted by Gasteiger charge is 1.93. The second-order valence-electron chi connectivity index (χ2n) is 4.84. The average Bonchev–Trinajstić information content (AvgIpc) is 2.37. The van der Waals surface area contributed by atoms with Crippen LogP contribution in [0, 0.1) is 0 Å². The molecule has 0 bridgehead atoms. The molecule has 3 heteroatoms. The molecule has 18 heavy (non-hydrogen) atoms. The van der Waals surface area contributed by atoms with Crippen molar-refractivity contribution >= 4 is 5.69 Å². The molecule has 0 aliphatic carbocycles. The standard InChI is InChI=1S/C15H26N2O/c1-2-3-4-5-6-7-8-9-11-16-14-10-12-17-15(18)13-14/h10,12-13H,2-9,11H2,1H3,(H2,16,17,18). The van der Waals surface area contributed by atoms with Crippen molar-refractivity contribution in [2.75, 3.05) is 11.9 Å². The molecular weight excluding hydrogens is 224 g/mol.